The van der Waals surface area contributed by atoms with Gasteiger partial charge in [0.1, 0.15) is 5.82 Å². The molecule has 2 rings (SSSR count). The van der Waals surface area contributed by atoms with Crippen LogP contribution < -0.4 is 0 Å². The minimum atomic E-state index is -0.143. The van der Waals surface area contributed by atoms with Crippen molar-refractivity contribution in [3.8, 4) is 0 Å². The molecule has 0 saturated carbocycles. The van der Waals surface area contributed by atoms with Crippen molar-refractivity contribution in [2.24, 2.45) is 0 Å². The summed E-state index contributed by atoms with van der Waals surface area (Å²) < 4.78 is 12.9. The summed E-state index contributed by atoms with van der Waals surface area (Å²) in [5.74, 6) is -0.143. The Labute approximate surface area is 78.1 Å². The van der Waals surface area contributed by atoms with E-state index in [1.54, 1.807) is 6.07 Å². The van der Waals surface area contributed by atoms with Gasteiger partial charge in [0, 0.05) is 0 Å². The van der Waals surface area contributed by atoms with Crippen molar-refractivity contribution in [1.29, 1.82) is 0 Å². The first-order valence-electron chi connectivity index (χ1n) is 4.58. The molecule has 0 amide bonds. The zero-order chi connectivity index (χ0) is 9.26. The lowest BCUT2D eigenvalue weighted by Gasteiger charge is -2.03. The molecule has 1 aromatic rings. The second-order valence-electron chi connectivity index (χ2n) is 3.34. The zero-order valence-corrected chi connectivity index (χ0v) is 7.52. The molecule has 1 aromatic carbocycles. The number of hydrogen-bond acceptors (Lipinski definition) is 0. The van der Waals surface area contributed by atoms with E-state index >= 15 is 0 Å². The van der Waals surface area contributed by atoms with E-state index in [0.29, 0.717) is 0 Å². The average molecular weight is 175 g/mol. The number of rotatable bonds is 2. The van der Waals surface area contributed by atoms with Crippen LogP contribution >= 0.6 is 0 Å². The zero-order valence-electron chi connectivity index (χ0n) is 7.52. The van der Waals surface area contributed by atoms with Gasteiger partial charge in [0.2, 0.25) is 0 Å². The first-order valence-corrected chi connectivity index (χ1v) is 4.58. The Balaban J connectivity index is 2.36. The second kappa shape index (κ2) is 3.33. The lowest BCUT2D eigenvalue weighted by Crippen LogP contribution is -1.86. The van der Waals surface area contributed by atoms with Crippen LogP contribution in [0.2, 0.25) is 0 Å². The molecule has 0 aliphatic heterocycles. The lowest BCUT2D eigenvalue weighted by molar-refractivity contribution is 0.627. The third kappa shape index (κ3) is 1.51. The van der Waals surface area contributed by atoms with E-state index in [4.69, 9.17) is 0 Å². The van der Waals surface area contributed by atoms with Crippen LogP contribution in [-0.4, -0.2) is 0 Å². The van der Waals surface area contributed by atoms with Gasteiger partial charge < -0.3 is 0 Å². The maximum Gasteiger partial charge on any atom is 0.123 e. The van der Waals surface area contributed by atoms with Crippen LogP contribution in [0.3, 0.4) is 0 Å². The van der Waals surface area contributed by atoms with Crippen molar-refractivity contribution in [3.05, 3.63) is 48.1 Å². The molecule has 0 unspecified atom stereocenters. The van der Waals surface area contributed by atoms with E-state index in [2.05, 4.69) is 13.0 Å². The van der Waals surface area contributed by atoms with Crippen molar-refractivity contribution >= 4 is 5.57 Å². The van der Waals surface area contributed by atoms with Gasteiger partial charge in [0.15, 0.2) is 0 Å². The Morgan fingerprint density at radius 3 is 3.00 bits per heavy atom. The highest BCUT2D eigenvalue weighted by Gasteiger charge is 2.13. The van der Waals surface area contributed by atoms with E-state index in [1.807, 2.05) is 6.07 Å². The molecule has 0 fully saturated rings. The van der Waals surface area contributed by atoms with Gasteiger partial charge in [-0.05, 0) is 48.1 Å². The van der Waals surface area contributed by atoms with Crippen LogP contribution in [0.25, 0.3) is 5.57 Å². The van der Waals surface area contributed by atoms with E-state index in [9.17, 15) is 4.39 Å². The molecule has 0 aromatic heterocycles. The highest BCUT2D eigenvalue weighted by molar-refractivity contribution is 5.72. The van der Waals surface area contributed by atoms with Gasteiger partial charge in [0.05, 0.1) is 0 Å². The van der Waals surface area contributed by atoms with Crippen LogP contribution in [0, 0.1) is 12.7 Å². The summed E-state index contributed by atoms with van der Waals surface area (Å²) in [6.45, 7) is 3.81. The number of fused-ring (bicyclic) bond motifs is 1. The molecule has 0 N–H and O–H groups in total. The fourth-order valence-corrected chi connectivity index (χ4v) is 1.80. The molecular weight excluding hydrogens is 163 g/mol. The maximum absolute atomic E-state index is 12.9. The summed E-state index contributed by atoms with van der Waals surface area (Å²) in [6, 6.07) is 5.03. The fourth-order valence-electron chi connectivity index (χ4n) is 1.80. The lowest BCUT2D eigenvalue weighted by atomic mass is 10.0. The van der Waals surface area contributed by atoms with Crippen molar-refractivity contribution in [3.63, 3.8) is 0 Å². The predicted molar refractivity (Wildman–Crippen MR) is 52.7 cm³/mol. The monoisotopic (exact) mass is 175 g/mol. The third-order valence-corrected chi connectivity index (χ3v) is 2.43. The molecule has 0 spiro atoms. The molecule has 1 radical (unpaired) electrons. The van der Waals surface area contributed by atoms with Crippen LogP contribution in [-0.2, 0) is 6.42 Å². The predicted octanol–water partition coefficient (Wildman–Crippen LogP) is 3.38. The Kier molecular flexibility index (Phi) is 2.17. The van der Waals surface area contributed by atoms with Crippen LogP contribution in [0.1, 0.15) is 24.0 Å². The highest BCUT2D eigenvalue weighted by atomic mass is 19.1. The Morgan fingerprint density at radius 1 is 1.38 bits per heavy atom. The largest absolute Gasteiger partial charge is 0.207 e. The van der Waals surface area contributed by atoms with Crippen molar-refractivity contribution < 1.29 is 4.39 Å². The summed E-state index contributed by atoms with van der Waals surface area (Å²) in [6.07, 6.45) is 4.96. The number of benzene rings is 1. The van der Waals surface area contributed by atoms with Gasteiger partial charge in [-0.15, -0.1) is 0 Å². The second-order valence-corrected chi connectivity index (χ2v) is 3.34. The minimum Gasteiger partial charge on any atom is -0.207 e. The molecule has 0 nitrogen and oxygen atoms in total. The number of allylic oxidation sites excluding steroid dienone is 2. The smallest absolute Gasteiger partial charge is 0.123 e. The van der Waals surface area contributed by atoms with Crippen LogP contribution in [0.15, 0.2) is 24.3 Å². The van der Waals surface area contributed by atoms with E-state index in [0.717, 1.165) is 24.8 Å². The standard InChI is InChI=1S/C12H12F/c1-2-3-9-4-5-10-6-7-11(13)8-12(9)10/h4,6-8H,1-3,5H2. The summed E-state index contributed by atoms with van der Waals surface area (Å²) in [5.41, 5.74) is 3.58. The minimum absolute atomic E-state index is 0.143. The van der Waals surface area contributed by atoms with Gasteiger partial charge in [-0.1, -0.05) is 19.1 Å². The van der Waals surface area contributed by atoms with Crippen LogP contribution in [0.5, 0.6) is 0 Å². The Morgan fingerprint density at radius 2 is 2.23 bits per heavy atom. The Bertz CT molecular complexity index is 350. The topological polar surface area (TPSA) is 0 Å². The molecule has 0 atom stereocenters. The summed E-state index contributed by atoms with van der Waals surface area (Å²) in [5, 5.41) is 0. The first kappa shape index (κ1) is 8.49. The highest BCUT2D eigenvalue weighted by Crippen LogP contribution is 2.30. The van der Waals surface area contributed by atoms with Gasteiger partial charge in [0.25, 0.3) is 0 Å². The van der Waals surface area contributed by atoms with Crippen molar-refractivity contribution in [2.75, 3.05) is 0 Å². The molecule has 1 aliphatic rings. The van der Waals surface area contributed by atoms with E-state index < -0.39 is 0 Å². The first-order chi connectivity index (χ1) is 6.31. The molecular formula is C12H12F. The van der Waals surface area contributed by atoms with Crippen molar-refractivity contribution in [2.45, 2.75) is 19.3 Å². The Hall–Kier alpha value is -1.11. The number of halogens is 1. The fraction of sp³-hybridized carbons (Fsp3) is 0.250. The molecule has 1 heteroatoms. The summed E-state index contributed by atoms with van der Waals surface area (Å²) in [7, 11) is 0. The maximum atomic E-state index is 12.9. The summed E-state index contributed by atoms with van der Waals surface area (Å²) >= 11 is 0. The molecule has 67 valence electrons. The molecule has 1 aliphatic carbocycles. The van der Waals surface area contributed by atoms with Crippen LogP contribution in [0.4, 0.5) is 4.39 Å². The number of hydrogen-bond donors (Lipinski definition) is 0. The van der Waals surface area contributed by atoms with Gasteiger partial charge in [-0.2, -0.15) is 0 Å². The van der Waals surface area contributed by atoms with E-state index in [1.165, 1.54) is 17.2 Å². The normalized spacial score (nSPS) is 14.2. The van der Waals surface area contributed by atoms with E-state index in [-0.39, 0.29) is 5.82 Å². The molecule has 0 bridgehead atoms. The van der Waals surface area contributed by atoms with Gasteiger partial charge in [-0.25, -0.2) is 4.39 Å². The summed E-state index contributed by atoms with van der Waals surface area (Å²) in [4.78, 5) is 0. The third-order valence-electron chi connectivity index (χ3n) is 2.43. The molecule has 13 heavy (non-hydrogen) atoms. The SMILES string of the molecule is [CH2]CCC1=CCc2ccc(F)cc21. The van der Waals surface area contributed by atoms with Gasteiger partial charge >= 0.3 is 0 Å². The van der Waals surface area contributed by atoms with Gasteiger partial charge in [-0.3, -0.25) is 0 Å². The average Bonchev–Trinajstić information content (AvgIpc) is 2.49. The molecule has 0 heterocycles. The molecule has 0 saturated heterocycles. The van der Waals surface area contributed by atoms with Crippen molar-refractivity contribution in [1.82, 2.24) is 0 Å². The quantitative estimate of drug-likeness (QED) is 0.646.